The quantitative estimate of drug-likeness (QED) is 0.682. The first-order chi connectivity index (χ1) is 5.27. The van der Waals surface area contributed by atoms with Crippen molar-refractivity contribution in [2.75, 3.05) is 0 Å². The lowest BCUT2D eigenvalue weighted by Crippen LogP contribution is -2.08. The number of hydrogen-bond donors (Lipinski definition) is 1. The number of nitrogens with one attached hydrogen (secondary N) is 1. The zero-order valence-corrected chi connectivity index (χ0v) is 6.98. The lowest BCUT2D eigenvalue weighted by molar-refractivity contribution is 0.947. The largest absolute Gasteiger partial charge is 0.326 e. The molecule has 0 aliphatic rings. The third kappa shape index (κ3) is 1.70. The molecule has 0 bridgehead atoms. The van der Waals surface area contributed by atoms with Gasteiger partial charge in [-0.15, -0.1) is 0 Å². The SMILES string of the molecule is CCc1ccc(=O)[nH]c1CC. The Balaban J connectivity index is 3.16. The van der Waals surface area contributed by atoms with E-state index in [-0.39, 0.29) is 5.56 Å². The van der Waals surface area contributed by atoms with Crippen LogP contribution < -0.4 is 5.56 Å². The molecule has 1 aromatic rings. The molecule has 0 aliphatic heterocycles. The van der Waals surface area contributed by atoms with Crippen LogP contribution in [0.25, 0.3) is 0 Å². The minimum atomic E-state index is -0.000880. The molecule has 0 fully saturated rings. The number of pyridine rings is 1. The van der Waals surface area contributed by atoms with Crippen molar-refractivity contribution in [3.8, 4) is 0 Å². The van der Waals surface area contributed by atoms with Crippen LogP contribution in [0.2, 0.25) is 0 Å². The molecule has 0 spiro atoms. The second-order valence-corrected chi connectivity index (χ2v) is 2.53. The first kappa shape index (κ1) is 8.05. The van der Waals surface area contributed by atoms with Gasteiger partial charge >= 0.3 is 0 Å². The number of aryl methyl sites for hydroxylation is 2. The Labute approximate surface area is 66.3 Å². The highest BCUT2D eigenvalue weighted by Gasteiger charge is 1.97. The highest BCUT2D eigenvalue weighted by atomic mass is 16.1. The maximum Gasteiger partial charge on any atom is 0.248 e. The van der Waals surface area contributed by atoms with Crippen molar-refractivity contribution in [1.82, 2.24) is 4.98 Å². The monoisotopic (exact) mass is 151 g/mol. The van der Waals surface area contributed by atoms with Crippen LogP contribution in [0.5, 0.6) is 0 Å². The Kier molecular flexibility index (Phi) is 2.47. The number of aromatic amines is 1. The standard InChI is InChI=1S/C9H13NO/c1-3-7-5-6-9(11)10-8(7)4-2/h5-6H,3-4H2,1-2H3,(H,10,11). The lowest BCUT2D eigenvalue weighted by Gasteiger charge is -2.02. The van der Waals surface area contributed by atoms with Crippen molar-refractivity contribution in [1.29, 1.82) is 0 Å². The van der Waals surface area contributed by atoms with Crippen LogP contribution in [-0.4, -0.2) is 4.98 Å². The van der Waals surface area contributed by atoms with Crippen molar-refractivity contribution in [3.05, 3.63) is 33.7 Å². The highest BCUT2D eigenvalue weighted by Crippen LogP contribution is 2.03. The van der Waals surface area contributed by atoms with Crippen molar-refractivity contribution >= 4 is 0 Å². The first-order valence-electron chi connectivity index (χ1n) is 3.99. The van der Waals surface area contributed by atoms with Gasteiger partial charge in [-0.05, 0) is 18.4 Å². The summed E-state index contributed by atoms with van der Waals surface area (Å²) in [5, 5.41) is 0. The van der Waals surface area contributed by atoms with Gasteiger partial charge in [-0.3, -0.25) is 4.79 Å². The summed E-state index contributed by atoms with van der Waals surface area (Å²) >= 11 is 0. The molecule has 1 aromatic heterocycles. The van der Waals surface area contributed by atoms with Crippen LogP contribution in [0.1, 0.15) is 25.1 Å². The fraction of sp³-hybridized carbons (Fsp3) is 0.444. The van der Waals surface area contributed by atoms with Gasteiger partial charge in [0.05, 0.1) is 0 Å². The fourth-order valence-electron chi connectivity index (χ4n) is 1.19. The molecule has 2 heteroatoms. The molecule has 0 radical (unpaired) electrons. The average Bonchev–Trinajstić information content (AvgIpc) is 2.04. The maximum atomic E-state index is 10.9. The first-order valence-corrected chi connectivity index (χ1v) is 3.99. The van der Waals surface area contributed by atoms with Gasteiger partial charge in [-0.1, -0.05) is 19.9 Å². The van der Waals surface area contributed by atoms with Crippen molar-refractivity contribution in [2.24, 2.45) is 0 Å². The number of rotatable bonds is 2. The Morgan fingerprint density at radius 1 is 1.27 bits per heavy atom. The normalized spacial score (nSPS) is 10.0. The molecule has 0 aromatic carbocycles. The molecular formula is C9H13NO. The molecule has 60 valence electrons. The molecule has 0 atom stereocenters. The summed E-state index contributed by atoms with van der Waals surface area (Å²) in [4.78, 5) is 13.7. The second kappa shape index (κ2) is 3.37. The lowest BCUT2D eigenvalue weighted by atomic mass is 10.1. The van der Waals surface area contributed by atoms with E-state index < -0.39 is 0 Å². The Morgan fingerprint density at radius 3 is 2.55 bits per heavy atom. The van der Waals surface area contributed by atoms with E-state index in [4.69, 9.17) is 0 Å². The van der Waals surface area contributed by atoms with Crippen LogP contribution in [0, 0.1) is 0 Å². The molecule has 11 heavy (non-hydrogen) atoms. The van der Waals surface area contributed by atoms with Gasteiger partial charge < -0.3 is 4.98 Å². The van der Waals surface area contributed by atoms with E-state index in [1.165, 1.54) is 5.56 Å². The fourth-order valence-corrected chi connectivity index (χ4v) is 1.19. The Bertz CT molecular complexity index is 288. The van der Waals surface area contributed by atoms with Crippen molar-refractivity contribution in [2.45, 2.75) is 26.7 Å². The topological polar surface area (TPSA) is 32.9 Å². The maximum absolute atomic E-state index is 10.9. The number of hydrogen-bond acceptors (Lipinski definition) is 1. The third-order valence-electron chi connectivity index (χ3n) is 1.83. The van der Waals surface area contributed by atoms with Crippen LogP contribution in [0.3, 0.4) is 0 Å². The second-order valence-electron chi connectivity index (χ2n) is 2.53. The van der Waals surface area contributed by atoms with E-state index in [0.717, 1.165) is 18.5 Å². The van der Waals surface area contributed by atoms with Gasteiger partial charge in [0.2, 0.25) is 5.56 Å². The van der Waals surface area contributed by atoms with Crippen LogP contribution in [0.4, 0.5) is 0 Å². The van der Waals surface area contributed by atoms with E-state index in [0.29, 0.717) is 0 Å². The molecule has 0 saturated heterocycles. The summed E-state index contributed by atoms with van der Waals surface area (Å²) in [5.74, 6) is 0. The number of aromatic nitrogens is 1. The zero-order chi connectivity index (χ0) is 8.27. The molecular weight excluding hydrogens is 138 g/mol. The molecule has 2 nitrogen and oxygen atoms in total. The summed E-state index contributed by atoms with van der Waals surface area (Å²) in [6.07, 6.45) is 1.89. The van der Waals surface area contributed by atoms with Crippen molar-refractivity contribution < 1.29 is 0 Å². The molecule has 1 N–H and O–H groups in total. The molecule has 0 amide bonds. The van der Waals surface area contributed by atoms with E-state index >= 15 is 0 Å². The third-order valence-corrected chi connectivity index (χ3v) is 1.83. The molecule has 0 saturated carbocycles. The summed E-state index contributed by atoms with van der Waals surface area (Å²) < 4.78 is 0. The van der Waals surface area contributed by atoms with Crippen molar-refractivity contribution in [3.63, 3.8) is 0 Å². The predicted octanol–water partition coefficient (Wildman–Crippen LogP) is 1.50. The predicted molar refractivity (Wildman–Crippen MR) is 45.8 cm³/mol. The van der Waals surface area contributed by atoms with Crippen LogP contribution >= 0.6 is 0 Å². The van der Waals surface area contributed by atoms with Crippen LogP contribution in [0.15, 0.2) is 16.9 Å². The highest BCUT2D eigenvalue weighted by molar-refractivity contribution is 5.19. The van der Waals surface area contributed by atoms with E-state index in [2.05, 4.69) is 11.9 Å². The smallest absolute Gasteiger partial charge is 0.248 e. The Hall–Kier alpha value is -1.05. The molecule has 1 rings (SSSR count). The van der Waals surface area contributed by atoms with Gasteiger partial charge in [0.1, 0.15) is 0 Å². The molecule has 0 aliphatic carbocycles. The van der Waals surface area contributed by atoms with E-state index in [9.17, 15) is 4.79 Å². The van der Waals surface area contributed by atoms with Gasteiger partial charge in [0.25, 0.3) is 0 Å². The van der Waals surface area contributed by atoms with Gasteiger partial charge in [-0.2, -0.15) is 0 Å². The average molecular weight is 151 g/mol. The zero-order valence-electron chi connectivity index (χ0n) is 6.98. The summed E-state index contributed by atoms with van der Waals surface area (Å²) in [6, 6.07) is 3.48. The summed E-state index contributed by atoms with van der Waals surface area (Å²) in [5.41, 5.74) is 2.31. The summed E-state index contributed by atoms with van der Waals surface area (Å²) in [6.45, 7) is 4.14. The summed E-state index contributed by atoms with van der Waals surface area (Å²) in [7, 11) is 0. The minimum Gasteiger partial charge on any atom is -0.326 e. The minimum absolute atomic E-state index is 0.000880. The van der Waals surface area contributed by atoms with Gasteiger partial charge in [0.15, 0.2) is 0 Å². The van der Waals surface area contributed by atoms with Crippen LogP contribution in [-0.2, 0) is 12.8 Å². The number of H-pyrrole nitrogens is 1. The van der Waals surface area contributed by atoms with E-state index in [1.54, 1.807) is 6.07 Å². The molecule has 0 unspecified atom stereocenters. The Morgan fingerprint density at radius 2 is 2.00 bits per heavy atom. The van der Waals surface area contributed by atoms with E-state index in [1.807, 2.05) is 13.0 Å². The molecule has 1 heterocycles. The van der Waals surface area contributed by atoms with Gasteiger partial charge in [-0.25, -0.2) is 0 Å². The van der Waals surface area contributed by atoms with Gasteiger partial charge in [0, 0.05) is 11.8 Å².